The summed E-state index contributed by atoms with van der Waals surface area (Å²) in [7, 11) is 3.05. The molecule has 0 aromatic heterocycles. The molecule has 1 amide bonds. The molecule has 0 fully saturated rings. The van der Waals surface area contributed by atoms with Crippen molar-refractivity contribution in [2.45, 2.75) is 19.9 Å². The van der Waals surface area contributed by atoms with E-state index in [2.05, 4.69) is 20.9 Å². The number of guanidine groups is 1. The summed E-state index contributed by atoms with van der Waals surface area (Å²) in [4.78, 5) is 16.2. The number of hydrogen-bond acceptors (Lipinski definition) is 3. The van der Waals surface area contributed by atoms with E-state index in [9.17, 15) is 9.18 Å². The Morgan fingerprint density at radius 3 is 2.64 bits per heavy atom. The standard InChI is InChI=1S/C21H27FN4O2/c1-4-24-21(26-14-16-8-9-19(28-3)18(22)13-16)25-11-10-15-6-5-7-17(12-15)20(27)23-2/h5-9,12-13H,4,10-11,14H2,1-3H3,(H,23,27)(H2,24,25,26). The predicted octanol–water partition coefficient (Wildman–Crippen LogP) is 2.49. The molecule has 0 aliphatic rings. The largest absolute Gasteiger partial charge is 0.494 e. The third-order valence-corrected chi connectivity index (χ3v) is 4.10. The highest BCUT2D eigenvalue weighted by Gasteiger charge is 2.05. The lowest BCUT2D eigenvalue weighted by Gasteiger charge is -2.12. The zero-order valence-electron chi connectivity index (χ0n) is 16.5. The van der Waals surface area contributed by atoms with E-state index in [1.54, 1.807) is 25.2 Å². The van der Waals surface area contributed by atoms with Crippen LogP contribution >= 0.6 is 0 Å². The summed E-state index contributed by atoms with van der Waals surface area (Å²) in [5, 5.41) is 9.06. The first-order chi connectivity index (χ1) is 13.6. The van der Waals surface area contributed by atoms with Gasteiger partial charge in [-0.3, -0.25) is 4.79 Å². The summed E-state index contributed by atoms with van der Waals surface area (Å²) >= 11 is 0. The Morgan fingerprint density at radius 2 is 1.96 bits per heavy atom. The summed E-state index contributed by atoms with van der Waals surface area (Å²) in [5.74, 6) is 0.374. The number of rotatable bonds is 8. The predicted molar refractivity (Wildman–Crippen MR) is 109 cm³/mol. The number of ether oxygens (including phenoxy) is 1. The first-order valence-electron chi connectivity index (χ1n) is 9.23. The van der Waals surface area contributed by atoms with Gasteiger partial charge in [0.15, 0.2) is 17.5 Å². The zero-order valence-corrected chi connectivity index (χ0v) is 16.5. The molecule has 0 unspecified atom stereocenters. The summed E-state index contributed by atoms with van der Waals surface area (Å²) < 4.78 is 18.7. The molecule has 2 rings (SSSR count). The van der Waals surface area contributed by atoms with Crippen LogP contribution in [0.1, 0.15) is 28.4 Å². The van der Waals surface area contributed by atoms with Gasteiger partial charge < -0.3 is 20.7 Å². The van der Waals surface area contributed by atoms with Crippen LogP contribution in [0.25, 0.3) is 0 Å². The van der Waals surface area contributed by atoms with Crippen LogP contribution in [-0.4, -0.2) is 39.1 Å². The molecule has 0 bridgehead atoms. The zero-order chi connectivity index (χ0) is 20.4. The van der Waals surface area contributed by atoms with Gasteiger partial charge in [-0.25, -0.2) is 9.38 Å². The molecule has 0 spiro atoms. The number of aliphatic imine (C=N–C) groups is 1. The second-order valence-corrected chi connectivity index (χ2v) is 6.12. The van der Waals surface area contributed by atoms with E-state index in [1.165, 1.54) is 13.2 Å². The lowest BCUT2D eigenvalue weighted by Crippen LogP contribution is -2.38. The summed E-state index contributed by atoms with van der Waals surface area (Å²) in [6.45, 7) is 3.70. The number of nitrogens with one attached hydrogen (secondary N) is 3. The summed E-state index contributed by atoms with van der Waals surface area (Å²) in [5.41, 5.74) is 2.46. The molecule has 0 radical (unpaired) electrons. The highest BCUT2D eigenvalue weighted by Crippen LogP contribution is 2.18. The van der Waals surface area contributed by atoms with E-state index in [0.717, 1.165) is 24.1 Å². The van der Waals surface area contributed by atoms with Crippen molar-refractivity contribution in [2.75, 3.05) is 27.2 Å². The Balaban J connectivity index is 1.94. The molecule has 3 N–H and O–H groups in total. The highest BCUT2D eigenvalue weighted by molar-refractivity contribution is 5.94. The molecule has 28 heavy (non-hydrogen) atoms. The molecule has 0 aliphatic carbocycles. The van der Waals surface area contributed by atoms with Crippen LogP contribution in [0.4, 0.5) is 4.39 Å². The number of benzene rings is 2. The van der Waals surface area contributed by atoms with Crippen molar-refractivity contribution in [3.8, 4) is 5.75 Å². The van der Waals surface area contributed by atoms with Crippen molar-refractivity contribution in [2.24, 2.45) is 4.99 Å². The summed E-state index contributed by atoms with van der Waals surface area (Å²) in [6, 6.07) is 12.3. The van der Waals surface area contributed by atoms with Gasteiger partial charge in [0.05, 0.1) is 13.7 Å². The van der Waals surface area contributed by atoms with Crippen molar-refractivity contribution in [3.63, 3.8) is 0 Å². The molecule has 2 aromatic carbocycles. The second-order valence-electron chi connectivity index (χ2n) is 6.12. The van der Waals surface area contributed by atoms with Crippen LogP contribution in [0.2, 0.25) is 0 Å². The van der Waals surface area contributed by atoms with Crippen LogP contribution in [0.5, 0.6) is 5.75 Å². The number of carbonyl (C=O) groups is 1. The molecular formula is C21H27FN4O2. The molecule has 0 heterocycles. The van der Waals surface area contributed by atoms with Gasteiger partial charge in [-0.05, 0) is 48.7 Å². The minimum Gasteiger partial charge on any atom is -0.494 e. The Bertz CT molecular complexity index is 824. The van der Waals surface area contributed by atoms with Gasteiger partial charge in [0.25, 0.3) is 5.91 Å². The fourth-order valence-corrected chi connectivity index (χ4v) is 2.66. The van der Waals surface area contributed by atoms with E-state index in [0.29, 0.717) is 24.6 Å². The van der Waals surface area contributed by atoms with Crippen LogP contribution in [0, 0.1) is 5.82 Å². The van der Waals surface area contributed by atoms with Gasteiger partial charge in [0.2, 0.25) is 0 Å². The Kier molecular flexibility index (Phi) is 8.27. The Hall–Kier alpha value is -3.09. The molecule has 6 nitrogen and oxygen atoms in total. The Morgan fingerprint density at radius 1 is 1.14 bits per heavy atom. The quantitative estimate of drug-likeness (QED) is 0.481. The topological polar surface area (TPSA) is 74.8 Å². The van der Waals surface area contributed by atoms with Crippen molar-refractivity contribution < 1.29 is 13.9 Å². The molecule has 150 valence electrons. The third kappa shape index (κ3) is 6.26. The minimum atomic E-state index is -0.399. The number of amides is 1. The van der Waals surface area contributed by atoms with E-state index < -0.39 is 5.82 Å². The lowest BCUT2D eigenvalue weighted by atomic mass is 10.1. The number of halogens is 1. The molecule has 2 aromatic rings. The maximum absolute atomic E-state index is 13.8. The maximum Gasteiger partial charge on any atom is 0.251 e. The van der Waals surface area contributed by atoms with E-state index in [1.807, 2.05) is 25.1 Å². The molecule has 0 saturated carbocycles. The van der Waals surface area contributed by atoms with Crippen molar-refractivity contribution >= 4 is 11.9 Å². The highest BCUT2D eigenvalue weighted by atomic mass is 19.1. The number of methoxy groups -OCH3 is 1. The van der Waals surface area contributed by atoms with E-state index in [-0.39, 0.29) is 11.7 Å². The fourth-order valence-electron chi connectivity index (χ4n) is 2.66. The number of nitrogens with zero attached hydrogens (tertiary/aromatic N) is 1. The molecular weight excluding hydrogens is 359 g/mol. The first-order valence-corrected chi connectivity index (χ1v) is 9.23. The Labute approximate surface area is 165 Å². The minimum absolute atomic E-state index is 0.101. The van der Waals surface area contributed by atoms with Gasteiger partial charge in [0, 0.05) is 25.7 Å². The first kappa shape index (κ1) is 21.2. The lowest BCUT2D eigenvalue weighted by molar-refractivity contribution is 0.0963. The number of hydrogen-bond donors (Lipinski definition) is 3. The molecule has 0 saturated heterocycles. The maximum atomic E-state index is 13.8. The fraction of sp³-hybridized carbons (Fsp3) is 0.333. The second kappa shape index (κ2) is 10.9. The monoisotopic (exact) mass is 386 g/mol. The van der Waals surface area contributed by atoms with Gasteiger partial charge in [0.1, 0.15) is 0 Å². The smallest absolute Gasteiger partial charge is 0.251 e. The van der Waals surface area contributed by atoms with Crippen LogP contribution in [0.15, 0.2) is 47.5 Å². The average molecular weight is 386 g/mol. The van der Waals surface area contributed by atoms with Crippen molar-refractivity contribution in [1.82, 2.24) is 16.0 Å². The van der Waals surface area contributed by atoms with Gasteiger partial charge >= 0.3 is 0 Å². The normalized spacial score (nSPS) is 11.1. The SMILES string of the molecule is CCNC(=NCc1ccc(OC)c(F)c1)NCCc1cccc(C(=O)NC)c1. The van der Waals surface area contributed by atoms with Crippen molar-refractivity contribution in [3.05, 3.63) is 65.0 Å². The molecule has 7 heteroatoms. The van der Waals surface area contributed by atoms with Gasteiger partial charge in [-0.2, -0.15) is 0 Å². The average Bonchev–Trinajstić information content (AvgIpc) is 2.71. The van der Waals surface area contributed by atoms with E-state index >= 15 is 0 Å². The number of carbonyl (C=O) groups excluding carboxylic acids is 1. The molecule has 0 aliphatic heterocycles. The van der Waals surface area contributed by atoms with E-state index in [4.69, 9.17) is 4.74 Å². The summed E-state index contributed by atoms with van der Waals surface area (Å²) in [6.07, 6.45) is 0.742. The van der Waals surface area contributed by atoms with Gasteiger partial charge in [-0.1, -0.05) is 18.2 Å². The van der Waals surface area contributed by atoms with Crippen LogP contribution in [0.3, 0.4) is 0 Å². The third-order valence-electron chi connectivity index (χ3n) is 4.10. The van der Waals surface area contributed by atoms with Crippen LogP contribution in [-0.2, 0) is 13.0 Å². The van der Waals surface area contributed by atoms with Crippen LogP contribution < -0.4 is 20.7 Å². The van der Waals surface area contributed by atoms with Crippen molar-refractivity contribution in [1.29, 1.82) is 0 Å². The van der Waals surface area contributed by atoms with Gasteiger partial charge in [-0.15, -0.1) is 0 Å². The molecule has 0 atom stereocenters.